The van der Waals surface area contributed by atoms with Gasteiger partial charge in [-0.15, -0.1) is 0 Å². The van der Waals surface area contributed by atoms with Gasteiger partial charge in [0.1, 0.15) is 29.6 Å². The van der Waals surface area contributed by atoms with Crippen LogP contribution >= 0.6 is 0 Å². The highest BCUT2D eigenvalue weighted by molar-refractivity contribution is 6.04. The predicted octanol–water partition coefficient (Wildman–Crippen LogP) is 0.486. The van der Waals surface area contributed by atoms with Gasteiger partial charge in [-0.25, -0.2) is 0 Å². The van der Waals surface area contributed by atoms with Crippen LogP contribution in [0.1, 0.15) is 5.69 Å². The maximum absolute atomic E-state index is 5.52. The molecule has 1 aromatic rings. The summed E-state index contributed by atoms with van der Waals surface area (Å²) in [6, 6.07) is 3.76. The van der Waals surface area contributed by atoms with Gasteiger partial charge in [-0.2, -0.15) is 5.10 Å². The van der Waals surface area contributed by atoms with Gasteiger partial charge >= 0.3 is 0 Å². The lowest BCUT2D eigenvalue weighted by molar-refractivity contribution is 0.179. The molecule has 1 N–H and O–H groups in total. The number of hydrazone groups is 1. The van der Waals surface area contributed by atoms with Crippen LogP contribution in [0.4, 0.5) is 0 Å². The van der Waals surface area contributed by atoms with Crippen molar-refractivity contribution in [3.63, 3.8) is 0 Å². The predicted molar refractivity (Wildman–Crippen MR) is 77.6 cm³/mol. The van der Waals surface area contributed by atoms with E-state index in [4.69, 9.17) is 4.74 Å². The molecule has 0 bridgehead atoms. The highest BCUT2D eigenvalue weighted by Gasteiger charge is 2.21. The SMILES string of the molecule is C=C(N/N=C1/COc2cccnc21)N1CCN(C)CC1. The number of likely N-dealkylation sites (N-methyl/N-ethyl adjacent to an activating group) is 1. The molecule has 0 unspecified atom stereocenters. The summed E-state index contributed by atoms with van der Waals surface area (Å²) in [5.74, 6) is 1.62. The van der Waals surface area contributed by atoms with Crippen molar-refractivity contribution in [1.82, 2.24) is 20.2 Å². The van der Waals surface area contributed by atoms with E-state index >= 15 is 0 Å². The monoisotopic (exact) mass is 273 g/mol. The third-order valence-electron chi connectivity index (χ3n) is 3.61. The number of fused-ring (bicyclic) bond motifs is 1. The van der Waals surface area contributed by atoms with Gasteiger partial charge < -0.3 is 14.5 Å². The summed E-state index contributed by atoms with van der Waals surface area (Å²) in [4.78, 5) is 8.81. The number of ether oxygens (including phenoxy) is 1. The fourth-order valence-electron chi connectivity index (χ4n) is 2.30. The Morgan fingerprint density at radius 3 is 3.00 bits per heavy atom. The van der Waals surface area contributed by atoms with Crippen LogP contribution in [0.15, 0.2) is 35.8 Å². The highest BCUT2D eigenvalue weighted by atomic mass is 16.5. The number of hydrogen-bond donors (Lipinski definition) is 1. The molecule has 0 radical (unpaired) electrons. The molecule has 2 aliphatic heterocycles. The molecule has 2 aliphatic rings. The van der Waals surface area contributed by atoms with Crippen LogP contribution < -0.4 is 10.2 Å². The summed E-state index contributed by atoms with van der Waals surface area (Å²) in [5, 5.41) is 4.38. The minimum atomic E-state index is 0.454. The number of aromatic nitrogens is 1. The molecule has 1 aromatic heterocycles. The largest absolute Gasteiger partial charge is 0.485 e. The van der Waals surface area contributed by atoms with Crippen LogP contribution in [0.5, 0.6) is 5.75 Å². The van der Waals surface area contributed by atoms with Crippen molar-refractivity contribution >= 4 is 5.71 Å². The molecule has 6 heteroatoms. The van der Waals surface area contributed by atoms with Gasteiger partial charge in [0.25, 0.3) is 0 Å². The van der Waals surface area contributed by atoms with E-state index in [-0.39, 0.29) is 0 Å². The summed E-state index contributed by atoms with van der Waals surface area (Å²) >= 11 is 0. The third kappa shape index (κ3) is 2.60. The summed E-state index contributed by atoms with van der Waals surface area (Å²) in [7, 11) is 2.13. The smallest absolute Gasteiger partial charge is 0.147 e. The minimum Gasteiger partial charge on any atom is -0.485 e. The second-order valence-corrected chi connectivity index (χ2v) is 5.05. The Bertz CT molecular complexity index is 534. The Hall–Kier alpha value is -2.08. The zero-order valence-electron chi connectivity index (χ0n) is 11.7. The van der Waals surface area contributed by atoms with Gasteiger partial charge in [-0.1, -0.05) is 6.58 Å². The summed E-state index contributed by atoms with van der Waals surface area (Å²) < 4.78 is 5.52. The lowest BCUT2D eigenvalue weighted by atomic mass is 10.3. The molecule has 0 aromatic carbocycles. The first kappa shape index (κ1) is 12.9. The van der Waals surface area contributed by atoms with Gasteiger partial charge in [0.05, 0.1) is 0 Å². The quantitative estimate of drug-likeness (QED) is 0.812. The van der Waals surface area contributed by atoms with Crippen LogP contribution in [0.2, 0.25) is 0 Å². The average molecular weight is 273 g/mol. The molecular formula is C14H19N5O. The molecule has 0 amide bonds. The summed E-state index contributed by atoms with van der Waals surface area (Å²) in [6.07, 6.45) is 1.75. The molecule has 0 aliphatic carbocycles. The second-order valence-electron chi connectivity index (χ2n) is 5.05. The first-order chi connectivity index (χ1) is 9.74. The minimum absolute atomic E-state index is 0.454. The fraction of sp³-hybridized carbons (Fsp3) is 0.429. The summed E-state index contributed by atoms with van der Waals surface area (Å²) in [6.45, 7) is 8.54. The fourth-order valence-corrected chi connectivity index (χ4v) is 2.30. The molecule has 0 saturated carbocycles. The Morgan fingerprint density at radius 1 is 1.40 bits per heavy atom. The number of pyridine rings is 1. The number of hydrogen-bond acceptors (Lipinski definition) is 6. The van der Waals surface area contributed by atoms with E-state index < -0.39 is 0 Å². The van der Waals surface area contributed by atoms with E-state index in [0.29, 0.717) is 6.61 Å². The van der Waals surface area contributed by atoms with E-state index in [9.17, 15) is 0 Å². The molecule has 0 atom stereocenters. The topological polar surface area (TPSA) is 53.0 Å². The molecule has 106 valence electrons. The van der Waals surface area contributed by atoms with Crippen LogP contribution in [0, 0.1) is 0 Å². The standard InChI is InChI=1S/C14H19N5O/c1-11(19-8-6-18(2)7-9-19)16-17-12-10-20-13-4-3-5-15-14(12)13/h3-5,16H,1,6-10H2,2H3/b17-12-. The van der Waals surface area contributed by atoms with Crippen molar-refractivity contribution in [3.05, 3.63) is 36.4 Å². The molecule has 20 heavy (non-hydrogen) atoms. The number of piperazine rings is 1. The van der Waals surface area contributed by atoms with Gasteiger partial charge in [0, 0.05) is 32.4 Å². The van der Waals surface area contributed by atoms with E-state index in [2.05, 4.69) is 38.9 Å². The van der Waals surface area contributed by atoms with E-state index in [1.165, 1.54) is 0 Å². The number of nitrogens with one attached hydrogen (secondary N) is 1. The van der Waals surface area contributed by atoms with Crippen LogP contribution in [0.3, 0.4) is 0 Å². The van der Waals surface area contributed by atoms with Gasteiger partial charge in [0.2, 0.25) is 0 Å². The van der Waals surface area contributed by atoms with Crippen LogP contribution in [0.25, 0.3) is 0 Å². The number of rotatable bonds is 3. The maximum atomic E-state index is 5.52. The normalized spacial score (nSPS) is 20.6. The van der Waals surface area contributed by atoms with Crippen molar-refractivity contribution in [1.29, 1.82) is 0 Å². The zero-order chi connectivity index (χ0) is 13.9. The van der Waals surface area contributed by atoms with E-state index in [1.54, 1.807) is 6.20 Å². The molecule has 3 heterocycles. The highest BCUT2D eigenvalue weighted by Crippen LogP contribution is 2.22. The molecular weight excluding hydrogens is 254 g/mol. The van der Waals surface area contributed by atoms with Gasteiger partial charge in [0.15, 0.2) is 0 Å². The maximum Gasteiger partial charge on any atom is 0.147 e. The Morgan fingerprint density at radius 2 is 2.20 bits per heavy atom. The Labute approximate surface area is 118 Å². The van der Waals surface area contributed by atoms with Crippen molar-refractivity contribution in [2.75, 3.05) is 39.8 Å². The lowest BCUT2D eigenvalue weighted by Crippen LogP contribution is -2.45. The van der Waals surface area contributed by atoms with Crippen molar-refractivity contribution in [2.24, 2.45) is 5.10 Å². The molecule has 3 rings (SSSR count). The van der Waals surface area contributed by atoms with Crippen molar-refractivity contribution < 1.29 is 4.74 Å². The molecule has 1 saturated heterocycles. The third-order valence-corrected chi connectivity index (χ3v) is 3.61. The van der Waals surface area contributed by atoms with E-state index in [1.807, 2.05) is 12.1 Å². The van der Waals surface area contributed by atoms with Gasteiger partial charge in [-0.3, -0.25) is 10.4 Å². The number of nitrogens with zero attached hydrogens (tertiary/aromatic N) is 4. The molecule has 0 spiro atoms. The van der Waals surface area contributed by atoms with Gasteiger partial charge in [-0.05, 0) is 19.2 Å². The average Bonchev–Trinajstić information content (AvgIpc) is 2.89. The van der Waals surface area contributed by atoms with Crippen molar-refractivity contribution in [2.45, 2.75) is 0 Å². The molecule has 6 nitrogen and oxygen atoms in total. The second kappa shape index (κ2) is 5.50. The first-order valence-electron chi connectivity index (χ1n) is 6.77. The lowest BCUT2D eigenvalue weighted by Gasteiger charge is -2.34. The van der Waals surface area contributed by atoms with Crippen LogP contribution in [-0.2, 0) is 0 Å². The van der Waals surface area contributed by atoms with Crippen LogP contribution in [-0.4, -0.2) is 60.3 Å². The Kier molecular flexibility index (Phi) is 3.56. The van der Waals surface area contributed by atoms with E-state index in [0.717, 1.165) is 49.2 Å². The van der Waals surface area contributed by atoms with Crippen molar-refractivity contribution in [3.8, 4) is 5.75 Å². The Balaban J connectivity index is 1.62. The first-order valence-corrected chi connectivity index (χ1v) is 6.77. The zero-order valence-corrected chi connectivity index (χ0v) is 11.7. The summed E-state index contributed by atoms with van der Waals surface area (Å²) in [5.41, 5.74) is 4.66. The molecule has 1 fully saturated rings.